The van der Waals surface area contributed by atoms with Crippen molar-refractivity contribution in [2.45, 2.75) is 6.92 Å². The summed E-state index contributed by atoms with van der Waals surface area (Å²) < 4.78 is 0. The van der Waals surface area contributed by atoms with Gasteiger partial charge in [0.15, 0.2) is 5.82 Å². The second-order valence-electron chi connectivity index (χ2n) is 2.97. The molecule has 0 atom stereocenters. The van der Waals surface area contributed by atoms with E-state index in [4.69, 9.17) is 5.84 Å². The number of hydrazine groups is 1. The van der Waals surface area contributed by atoms with Crippen molar-refractivity contribution in [3.05, 3.63) is 24.0 Å². The van der Waals surface area contributed by atoms with Gasteiger partial charge in [-0.3, -0.25) is 0 Å². The van der Waals surface area contributed by atoms with Gasteiger partial charge in [-0.1, -0.05) is 0 Å². The standard InChI is InChI=1S/C9H10N4O/c1-5-11-8-3-2-6(14)4-7(8)9(12-5)13-10/h2-4,14H,10H2,1H3,(H,11,12,13). The molecule has 0 saturated heterocycles. The number of nitrogen functional groups attached to an aromatic ring is 1. The molecule has 2 aromatic rings. The smallest absolute Gasteiger partial charge is 0.151 e. The molecule has 4 N–H and O–H groups in total. The van der Waals surface area contributed by atoms with E-state index >= 15 is 0 Å². The van der Waals surface area contributed by atoms with Crippen molar-refractivity contribution in [3.63, 3.8) is 0 Å². The van der Waals surface area contributed by atoms with E-state index in [-0.39, 0.29) is 5.75 Å². The van der Waals surface area contributed by atoms with Crippen LogP contribution in [0.25, 0.3) is 10.9 Å². The largest absolute Gasteiger partial charge is 0.508 e. The van der Waals surface area contributed by atoms with Crippen LogP contribution in [0.4, 0.5) is 5.82 Å². The van der Waals surface area contributed by atoms with Gasteiger partial charge in [-0.05, 0) is 25.1 Å². The SMILES string of the molecule is Cc1nc(NN)c2cc(O)ccc2n1. The van der Waals surface area contributed by atoms with Crippen molar-refractivity contribution in [3.8, 4) is 5.75 Å². The first-order chi connectivity index (χ1) is 6.70. The number of anilines is 1. The highest BCUT2D eigenvalue weighted by Crippen LogP contribution is 2.23. The summed E-state index contributed by atoms with van der Waals surface area (Å²) >= 11 is 0. The van der Waals surface area contributed by atoms with Crippen LogP contribution in [0.1, 0.15) is 5.82 Å². The summed E-state index contributed by atoms with van der Waals surface area (Å²) in [6.07, 6.45) is 0. The van der Waals surface area contributed by atoms with Crippen LogP contribution in [-0.2, 0) is 0 Å². The van der Waals surface area contributed by atoms with Crippen LogP contribution in [0, 0.1) is 6.92 Å². The lowest BCUT2D eigenvalue weighted by molar-refractivity contribution is 0.476. The van der Waals surface area contributed by atoms with Crippen molar-refractivity contribution in [1.29, 1.82) is 0 Å². The Labute approximate surface area is 80.6 Å². The fraction of sp³-hybridized carbons (Fsp3) is 0.111. The number of aryl methyl sites for hydroxylation is 1. The lowest BCUT2D eigenvalue weighted by Crippen LogP contribution is -2.10. The molecule has 0 amide bonds. The molecule has 1 aromatic carbocycles. The van der Waals surface area contributed by atoms with Gasteiger partial charge in [0, 0.05) is 5.39 Å². The average Bonchev–Trinajstić information content (AvgIpc) is 2.17. The van der Waals surface area contributed by atoms with Crippen LogP contribution in [-0.4, -0.2) is 15.1 Å². The zero-order chi connectivity index (χ0) is 10.1. The maximum Gasteiger partial charge on any atom is 0.151 e. The number of benzene rings is 1. The Morgan fingerprint density at radius 1 is 1.36 bits per heavy atom. The molecule has 2 rings (SSSR count). The normalized spacial score (nSPS) is 10.4. The minimum absolute atomic E-state index is 0.168. The molecule has 14 heavy (non-hydrogen) atoms. The van der Waals surface area contributed by atoms with Crippen LogP contribution in [0.15, 0.2) is 18.2 Å². The van der Waals surface area contributed by atoms with Crippen molar-refractivity contribution in [2.75, 3.05) is 5.43 Å². The zero-order valence-corrected chi connectivity index (χ0v) is 7.65. The second kappa shape index (κ2) is 3.12. The molecular weight excluding hydrogens is 180 g/mol. The first-order valence-corrected chi connectivity index (χ1v) is 4.14. The number of hydrogen-bond donors (Lipinski definition) is 3. The van der Waals surface area contributed by atoms with Gasteiger partial charge < -0.3 is 10.5 Å². The molecule has 1 aromatic heterocycles. The Bertz CT molecular complexity index is 483. The Kier molecular flexibility index (Phi) is 1.94. The lowest BCUT2D eigenvalue weighted by Gasteiger charge is -2.05. The number of rotatable bonds is 1. The molecule has 5 nitrogen and oxygen atoms in total. The maximum atomic E-state index is 9.30. The number of nitrogens with two attached hydrogens (primary N) is 1. The quantitative estimate of drug-likeness (QED) is 0.460. The summed E-state index contributed by atoms with van der Waals surface area (Å²) in [7, 11) is 0. The molecule has 0 spiro atoms. The van der Waals surface area contributed by atoms with Gasteiger partial charge in [-0.15, -0.1) is 0 Å². The summed E-state index contributed by atoms with van der Waals surface area (Å²) in [4.78, 5) is 8.31. The van der Waals surface area contributed by atoms with Gasteiger partial charge in [0.2, 0.25) is 0 Å². The Balaban J connectivity index is 2.81. The number of hydrogen-bond acceptors (Lipinski definition) is 5. The highest BCUT2D eigenvalue weighted by molar-refractivity contribution is 5.89. The second-order valence-corrected chi connectivity index (χ2v) is 2.97. The van der Waals surface area contributed by atoms with E-state index in [9.17, 15) is 5.11 Å². The van der Waals surface area contributed by atoms with Crippen molar-refractivity contribution >= 4 is 16.7 Å². The molecule has 0 saturated carbocycles. The minimum Gasteiger partial charge on any atom is -0.508 e. The van der Waals surface area contributed by atoms with Gasteiger partial charge in [-0.2, -0.15) is 0 Å². The maximum absolute atomic E-state index is 9.30. The Hall–Kier alpha value is -1.88. The van der Waals surface area contributed by atoms with E-state index in [0.717, 1.165) is 5.52 Å². The van der Waals surface area contributed by atoms with Gasteiger partial charge >= 0.3 is 0 Å². The molecule has 0 fully saturated rings. The summed E-state index contributed by atoms with van der Waals surface area (Å²) in [5.41, 5.74) is 3.23. The van der Waals surface area contributed by atoms with Crippen LogP contribution in [0.5, 0.6) is 5.75 Å². The van der Waals surface area contributed by atoms with E-state index in [2.05, 4.69) is 15.4 Å². The number of fused-ring (bicyclic) bond motifs is 1. The van der Waals surface area contributed by atoms with Crippen molar-refractivity contribution in [2.24, 2.45) is 5.84 Å². The Morgan fingerprint density at radius 2 is 2.14 bits per heavy atom. The van der Waals surface area contributed by atoms with Gasteiger partial charge in [0.1, 0.15) is 11.6 Å². The Morgan fingerprint density at radius 3 is 2.86 bits per heavy atom. The van der Waals surface area contributed by atoms with Crippen molar-refractivity contribution in [1.82, 2.24) is 9.97 Å². The molecule has 0 aliphatic rings. The number of aromatic hydroxyl groups is 1. The number of aromatic nitrogens is 2. The first-order valence-electron chi connectivity index (χ1n) is 4.14. The molecule has 5 heteroatoms. The fourth-order valence-corrected chi connectivity index (χ4v) is 1.34. The highest BCUT2D eigenvalue weighted by atomic mass is 16.3. The fourth-order valence-electron chi connectivity index (χ4n) is 1.34. The molecule has 1 heterocycles. The van der Waals surface area contributed by atoms with Gasteiger partial charge in [-0.25, -0.2) is 15.8 Å². The van der Waals surface area contributed by atoms with E-state index in [1.165, 1.54) is 0 Å². The van der Waals surface area contributed by atoms with Crippen LogP contribution in [0.3, 0.4) is 0 Å². The lowest BCUT2D eigenvalue weighted by atomic mass is 10.2. The summed E-state index contributed by atoms with van der Waals surface area (Å²) in [5, 5.41) is 10.0. The number of nitrogens with one attached hydrogen (secondary N) is 1. The third-order valence-corrected chi connectivity index (χ3v) is 1.93. The van der Waals surface area contributed by atoms with Gasteiger partial charge in [0.05, 0.1) is 5.52 Å². The van der Waals surface area contributed by atoms with Gasteiger partial charge in [0.25, 0.3) is 0 Å². The summed E-state index contributed by atoms with van der Waals surface area (Å²) in [5.74, 6) is 6.63. The van der Waals surface area contributed by atoms with E-state index in [1.54, 1.807) is 25.1 Å². The third-order valence-electron chi connectivity index (χ3n) is 1.93. The molecule has 0 aliphatic carbocycles. The molecule has 0 radical (unpaired) electrons. The molecule has 72 valence electrons. The third kappa shape index (κ3) is 1.33. The minimum atomic E-state index is 0.168. The summed E-state index contributed by atoms with van der Waals surface area (Å²) in [6, 6.07) is 4.87. The summed E-state index contributed by atoms with van der Waals surface area (Å²) in [6.45, 7) is 1.78. The molecule has 0 unspecified atom stereocenters. The average molecular weight is 190 g/mol. The van der Waals surface area contributed by atoms with E-state index in [1.807, 2.05) is 0 Å². The molecule has 0 bridgehead atoms. The predicted molar refractivity (Wildman–Crippen MR) is 53.7 cm³/mol. The number of phenolic OH excluding ortho intramolecular Hbond substituents is 1. The van der Waals surface area contributed by atoms with Crippen LogP contribution >= 0.6 is 0 Å². The van der Waals surface area contributed by atoms with Crippen LogP contribution in [0.2, 0.25) is 0 Å². The molecular formula is C9H10N4O. The van der Waals surface area contributed by atoms with Crippen LogP contribution < -0.4 is 11.3 Å². The van der Waals surface area contributed by atoms with E-state index in [0.29, 0.717) is 17.0 Å². The topological polar surface area (TPSA) is 84.1 Å². The zero-order valence-electron chi connectivity index (χ0n) is 7.65. The highest BCUT2D eigenvalue weighted by Gasteiger charge is 2.04. The number of nitrogens with zero attached hydrogens (tertiary/aromatic N) is 2. The monoisotopic (exact) mass is 190 g/mol. The molecule has 0 aliphatic heterocycles. The first kappa shape index (κ1) is 8.71. The van der Waals surface area contributed by atoms with Crippen molar-refractivity contribution < 1.29 is 5.11 Å². The predicted octanol–water partition coefficient (Wildman–Crippen LogP) is 0.929. The van der Waals surface area contributed by atoms with E-state index < -0.39 is 0 Å². The number of phenols is 1.